The van der Waals surface area contributed by atoms with E-state index in [9.17, 15) is 0 Å². The Bertz CT molecular complexity index is 656. The van der Waals surface area contributed by atoms with Gasteiger partial charge in [0.2, 0.25) is 0 Å². The van der Waals surface area contributed by atoms with Crippen LogP contribution >= 0.6 is 35.7 Å². The van der Waals surface area contributed by atoms with Crippen LogP contribution in [0.1, 0.15) is 0 Å². The smallest absolute Gasteiger partial charge is 0.0849 e. The maximum absolute atomic E-state index is 3.60. The lowest BCUT2D eigenvalue weighted by molar-refractivity contribution is 1.07. The largest absolute Gasteiger partial charge is 0.376 e. The number of halogens is 1. The van der Waals surface area contributed by atoms with Crippen LogP contribution in [0.2, 0.25) is 0 Å². The first kappa shape index (κ1) is 16.3. The van der Waals surface area contributed by atoms with E-state index in [0.29, 0.717) is 0 Å². The van der Waals surface area contributed by atoms with Crippen LogP contribution in [0.5, 0.6) is 0 Å². The zero-order valence-corrected chi connectivity index (χ0v) is 15.8. The fraction of sp³-hybridized carbons (Fsp3) is 0.250. The Balaban J connectivity index is 0.00000161. The van der Waals surface area contributed by atoms with E-state index in [4.69, 9.17) is 0 Å². The van der Waals surface area contributed by atoms with Gasteiger partial charge in [0.05, 0.1) is 22.7 Å². The Hall–Kier alpha value is -1.08. The average molecular weight is 413 g/mol. The summed E-state index contributed by atoms with van der Waals surface area (Å²) in [6.07, 6.45) is 0. The predicted molar refractivity (Wildman–Crippen MR) is 104 cm³/mol. The van der Waals surface area contributed by atoms with Gasteiger partial charge in [0.15, 0.2) is 0 Å². The second-order valence-electron chi connectivity index (χ2n) is 5.32. The lowest BCUT2D eigenvalue weighted by Gasteiger charge is -2.30. The number of para-hydroxylation sites is 1. The van der Waals surface area contributed by atoms with Crippen LogP contribution in [-0.2, 0) is 0 Å². The molecule has 0 saturated carbocycles. The van der Waals surface area contributed by atoms with Crippen molar-refractivity contribution < 1.29 is 0 Å². The van der Waals surface area contributed by atoms with Gasteiger partial charge in [0.25, 0.3) is 0 Å². The second kappa shape index (κ2) is 6.36. The molecule has 112 valence electrons. The van der Waals surface area contributed by atoms with Crippen molar-refractivity contribution in [1.29, 1.82) is 0 Å². The van der Waals surface area contributed by atoms with E-state index < -0.39 is 0 Å². The van der Waals surface area contributed by atoms with E-state index in [-0.39, 0.29) is 24.0 Å². The number of nitrogens with one attached hydrogen (secondary N) is 1. The molecule has 0 unspecified atom stereocenters. The summed E-state index contributed by atoms with van der Waals surface area (Å²) in [5, 5.41) is 3.60. The molecule has 2 aromatic rings. The van der Waals surface area contributed by atoms with Gasteiger partial charge in [-0.2, -0.15) is 0 Å². The highest BCUT2D eigenvalue weighted by atomic mass is 127. The van der Waals surface area contributed by atoms with Gasteiger partial charge in [-0.1, -0.05) is 23.9 Å². The molecule has 0 fully saturated rings. The van der Waals surface area contributed by atoms with E-state index in [1.165, 1.54) is 32.5 Å². The molecule has 1 N–H and O–H groups in total. The summed E-state index contributed by atoms with van der Waals surface area (Å²) >= 11 is 1.83. The maximum atomic E-state index is 3.60. The van der Waals surface area contributed by atoms with Gasteiger partial charge in [-0.25, -0.2) is 0 Å². The highest BCUT2D eigenvalue weighted by Gasteiger charge is 2.22. The molecule has 0 saturated heterocycles. The molecule has 3 nitrogen and oxygen atoms in total. The summed E-state index contributed by atoms with van der Waals surface area (Å²) < 4.78 is 0. The molecule has 5 heteroatoms. The normalized spacial score (nSPS) is 11.6. The second-order valence-corrected chi connectivity index (χ2v) is 6.40. The minimum Gasteiger partial charge on any atom is -0.376 e. The highest BCUT2D eigenvalue weighted by molar-refractivity contribution is 14.0. The highest BCUT2D eigenvalue weighted by Crippen LogP contribution is 2.50. The quantitative estimate of drug-likeness (QED) is 0.617. The van der Waals surface area contributed by atoms with Gasteiger partial charge in [-0.15, -0.1) is 24.0 Å². The average Bonchev–Trinajstić information content (AvgIpc) is 2.43. The van der Waals surface area contributed by atoms with Crippen molar-refractivity contribution >= 4 is 58.5 Å². The zero-order chi connectivity index (χ0) is 14.3. The molecule has 1 aliphatic rings. The first-order valence-corrected chi connectivity index (χ1v) is 7.45. The van der Waals surface area contributed by atoms with Crippen molar-refractivity contribution in [2.45, 2.75) is 9.79 Å². The summed E-state index contributed by atoms with van der Waals surface area (Å²) in [7, 11) is 8.35. The van der Waals surface area contributed by atoms with E-state index in [1.54, 1.807) is 0 Å². The van der Waals surface area contributed by atoms with Gasteiger partial charge >= 0.3 is 0 Å². The third-order valence-electron chi connectivity index (χ3n) is 3.41. The monoisotopic (exact) mass is 413 g/mol. The number of hydrogen-bond acceptors (Lipinski definition) is 4. The molecule has 0 atom stereocenters. The minimum atomic E-state index is 0. The lowest BCUT2D eigenvalue weighted by atomic mass is 10.1. The van der Waals surface area contributed by atoms with Crippen LogP contribution in [0.3, 0.4) is 0 Å². The fourth-order valence-corrected chi connectivity index (χ4v) is 3.49. The van der Waals surface area contributed by atoms with Crippen LogP contribution < -0.4 is 15.1 Å². The molecule has 1 aliphatic heterocycles. The Labute approximate surface area is 147 Å². The number of benzene rings is 2. The fourth-order valence-electron chi connectivity index (χ4n) is 2.49. The number of rotatable bonds is 2. The molecule has 0 spiro atoms. The van der Waals surface area contributed by atoms with E-state index in [1.807, 2.05) is 11.8 Å². The van der Waals surface area contributed by atoms with Crippen LogP contribution in [0.4, 0.5) is 22.7 Å². The molecular weight excluding hydrogens is 393 g/mol. The first-order valence-electron chi connectivity index (χ1n) is 6.63. The van der Waals surface area contributed by atoms with Crippen molar-refractivity contribution in [3.63, 3.8) is 0 Å². The Morgan fingerprint density at radius 2 is 1.57 bits per heavy atom. The van der Waals surface area contributed by atoms with Crippen molar-refractivity contribution in [2.24, 2.45) is 0 Å². The first-order chi connectivity index (χ1) is 9.58. The molecule has 0 aromatic heterocycles. The third kappa shape index (κ3) is 2.94. The topological polar surface area (TPSA) is 18.5 Å². The van der Waals surface area contributed by atoms with Crippen molar-refractivity contribution in [2.75, 3.05) is 43.3 Å². The van der Waals surface area contributed by atoms with E-state index >= 15 is 0 Å². The Kier molecular flexibility index (Phi) is 4.93. The molecule has 2 aromatic carbocycles. The molecule has 0 radical (unpaired) electrons. The summed E-state index contributed by atoms with van der Waals surface area (Å²) in [5.41, 5.74) is 4.84. The van der Waals surface area contributed by atoms with Crippen LogP contribution in [0, 0.1) is 0 Å². The van der Waals surface area contributed by atoms with Gasteiger partial charge < -0.3 is 15.1 Å². The van der Waals surface area contributed by atoms with Crippen molar-refractivity contribution in [1.82, 2.24) is 0 Å². The van der Waals surface area contributed by atoms with Gasteiger partial charge in [-0.05, 0) is 24.3 Å². The molecule has 3 rings (SSSR count). The summed E-state index contributed by atoms with van der Waals surface area (Å²) in [4.78, 5) is 6.89. The SMILES string of the molecule is CN(C)c1ccc2c(c1N(C)C)Nc1ccccc1S2.I. The van der Waals surface area contributed by atoms with Crippen molar-refractivity contribution in [3.8, 4) is 0 Å². The standard InChI is InChI=1S/C16H19N3S.HI/c1-18(2)12-9-10-14-15(16(12)19(3)4)17-11-7-5-6-8-13(11)20-14;/h5-10,17H,1-4H3;1H. The Morgan fingerprint density at radius 1 is 0.857 bits per heavy atom. The van der Waals surface area contributed by atoms with Crippen LogP contribution in [-0.4, -0.2) is 28.2 Å². The lowest BCUT2D eigenvalue weighted by Crippen LogP contribution is -2.19. The summed E-state index contributed by atoms with van der Waals surface area (Å²) in [6.45, 7) is 0. The number of anilines is 4. The van der Waals surface area contributed by atoms with E-state index in [0.717, 1.165) is 0 Å². The summed E-state index contributed by atoms with van der Waals surface area (Å²) in [6, 6.07) is 12.8. The number of nitrogens with zero attached hydrogens (tertiary/aromatic N) is 2. The van der Waals surface area contributed by atoms with Crippen LogP contribution in [0.25, 0.3) is 0 Å². The molecular formula is C16H20IN3S. The predicted octanol–water partition coefficient (Wildman–Crippen LogP) is 4.64. The molecule has 0 amide bonds. The third-order valence-corrected chi connectivity index (χ3v) is 4.55. The van der Waals surface area contributed by atoms with Gasteiger partial charge in [-0.3, -0.25) is 0 Å². The zero-order valence-electron chi connectivity index (χ0n) is 12.7. The Morgan fingerprint density at radius 3 is 2.24 bits per heavy atom. The number of hydrogen-bond donors (Lipinski definition) is 1. The van der Waals surface area contributed by atoms with E-state index in [2.05, 4.69) is 79.7 Å². The number of fused-ring (bicyclic) bond motifs is 2. The molecule has 21 heavy (non-hydrogen) atoms. The van der Waals surface area contributed by atoms with Crippen LogP contribution in [0.15, 0.2) is 46.2 Å². The molecule has 1 heterocycles. The molecule has 0 bridgehead atoms. The maximum Gasteiger partial charge on any atom is 0.0849 e. The molecule has 0 aliphatic carbocycles. The van der Waals surface area contributed by atoms with Gasteiger partial charge in [0.1, 0.15) is 0 Å². The minimum absolute atomic E-state index is 0. The summed E-state index contributed by atoms with van der Waals surface area (Å²) in [5.74, 6) is 0. The van der Waals surface area contributed by atoms with Gasteiger partial charge in [0, 0.05) is 38.0 Å². The van der Waals surface area contributed by atoms with Crippen molar-refractivity contribution in [3.05, 3.63) is 36.4 Å².